The van der Waals surface area contributed by atoms with Gasteiger partial charge in [0.25, 0.3) is 0 Å². The van der Waals surface area contributed by atoms with E-state index >= 15 is 0 Å². The summed E-state index contributed by atoms with van der Waals surface area (Å²) in [6.45, 7) is 0. The van der Waals surface area contributed by atoms with Crippen molar-refractivity contribution in [3.63, 3.8) is 0 Å². The van der Waals surface area contributed by atoms with Crippen molar-refractivity contribution in [2.75, 3.05) is 7.05 Å². The summed E-state index contributed by atoms with van der Waals surface area (Å²) in [6, 6.07) is 12.8. The van der Waals surface area contributed by atoms with Crippen molar-refractivity contribution >= 4 is 27.5 Å². The predicted molar refractivity (Wildman–Crippen MR) is 81.1 cm³/mol. The molecule has 0 fully saturated rings. The fourth-order valence-electron chi connectivity index (χ4n) is 2.04. The molecule has 0 saturated carbocycles. The van der Waals surface area contributed by atoms with Crippen molar-refractivity contribution in [3.05, 3.63) is 68.9 Å². The molecule has 100 valence electrons. The SMILES string of the molecule is CNC(Cc1c(F)cccc1Cl)c1cccc(Br)c1. The summed E-state index contributed by atoms with van der Waals surface area (Å²) in [4.78, 5) is 0. The van der Waals surface area contributed by atoms with Gasteiger partial charge in [-0.1, -0.05) is 45.7 Å². The molecule has 1 unspecified atom stereocenters. The lowest BCUT2D eigenvalue weighted by atomic mass is 9.98. The highest BCUT2D eigenvalue weighted by Crippen LogP contribution is 2.26. The number of hydrogen-bond donors (Lipinski definition) is 1. The highest BCUT2D eigenvalue weighted by Gasteiger charge is 2.15. The maximum Gasteiger partial charge on any atom is 0.127 e. The molecule has 1 N–H and O–H groups in total. The summed E-state index contributed by atoms with van der Waals surface area (Å²) in [6.07, 6.45) is 0.512. The summed E-state index contributed by atoms with van der Waals surface area (Å²) < 4.78 is 14.8. The van der Waals surface area contributed by atoms with Crippen LogP contribution >= 0.6 is 27.5 Å². The van der Waals surface area contributed by atoms with E-state index in [1.165, 1.54) is 6.07 Å². The van der Waals surface area contributed by atoms with Crippen LogP contribution in [0.1, 0.15) is 17.2 Å². The van der Waals surface area contributed by atoms with Crippen molar-refractivity contribution in [1.29, 1.82) is 0 Å². The first kappa shape index (κ1) is 14.5. The fraction of sp³-hybridized carbons (Fsp3) is 0.200. The first-order valence-corrected chi connectivity index (χ1v) is 7.14. The molecule has 4 heteroatoms. The largest absolute Gasteiger partial charge is 0.313 e. The Kier molecular flexibility index (Phi) is 4.97. The molecule has 0 aliphatic carbocycles. The second kappa shape index (κ2) is 6.51. The molecule has 2 aromatic rings. The first-order valence-electron chi connectivity index (χ1n) is 5.97. The van der Waals surface area contributed by atoms with Crippen LogP contribution in [0.5, 0.6) is 0 Å². The molecular weight excluding hydrogens is 329 g/mol. The van der Waals surface area contributed by atoms with Gasteiger partial charge in [0, 0.05) is 21.1 Å². The van der Waals surface area contributed by atoms with Gasteiger partial charge in [-0.15, -0.1) is 0 Å². The Morgan fingerprint density at radius 2 is 2.00 bits per heavy atom. The third-order valence-corrected chi connectivity index (χ3v) is 3.92. The molecule has 0 spiro atoms. The minimum absolute atomic E-state index is 0.0203. The standard InChI is InChI=1S/C15H14BrClFN/c1-19-15(10-4-2-5-11(16)8-10)9-12-13(17)6-3-7-14(12)18/h2-8,15,19H,9H2,1H3. The summed E-state index contributed by atoms with van der Waals surface area (Å²) in [5, 5.41) is 3.67. The van der Waals surface area contributed by atoms with E-state index in [0.717, 1.165) is 10.0 Å². The van der Waals surface area contributed by atoms with Gasteiger partial charge in [-0.2, -0.15) is 0 Å². The van der Waals surface area contributed by atoms with Crippen LogP contribution in [-0.2, 0) is 6.42 Å². The zero-order valence-electron chi connectivity index (χ0n) is 10.5. The van der Waals surface area contributed by atoms with Crippen LogP contribution in [0.2, 0.25) is 5.02 Å². The molecule has 0 amide bonds. The Morgan fingerprint density at radius 1 is 1.26 bits per heavy atom. The minimum atomic E-state index is -0.261. The molecule has 0 aromatic heterocycles. The lowest BCUT2D eigenvalue weighted by Gasteiger charge is -2.18. The van der Waals surface area contributed by atoms with E-state index in [1.54, 1.807) is 12.1 Å². The van der Waals surface area contributed by atoms with Gasteiger partial charge in [0.05, 0.1) is 0 Å². The quantitative estimate of drug-likeness (QED) is 0.846. The van der Waals surface area contributed by atoms with E-state index in [0.29, 0.717) is 17.0 Å². The number of rotatable bonds is 4. The minimum Gasteiger partial charge on any atom is -0.313 e. The average Bonchev–Trinajstić information content (AvgIpc) is 2.38. The molecule has 0 aliphatic rings. The molecule has 0 aliphatic heterocycles. The molecular formula is C15H14BrClFN. The molecule has 1 atom stereocenters. The summed E-state index contributed by atoms with van der Waals surface area (Å²) in [5.74, 6) is -0.261. The van der Waals surface area contributed by atoms with Crippen LogP contribution in [-0.4, -0.2) is 7.05 Å². The molecule has 0 saturated heterocycles. The number of halogens is 3. The monoisotopic (exact) mass is 341 g/mol. The van der Waals surface area contributed by atoms with Crippen molar-refractivity contribution in [3.8, 4) is 0 Å². The zero-order chi connectivity index (χ0) is 13.8. The predicted octanol–water partition coefficient (Wildman–Crippen LogP) is 4.74. The van der Waals surface area contributed by atoms with E-state index in [2.05, 4.69) is 21.2 Å². The van der Waals surface area contributed by atoms with E-state index in [4.69, 9.17) is 11.6 Å². The van der Waals surface area contributed by atoms with Crippen LogP contribution in [0.4, 0.5) is 4.39 Å². The van der Waals surface area contributed by atoms with Gasteiger partial charge >= 0.3 is 0 Å². The van der Waals surface area contributed by atoms with E-state index < -0.39 is 0 Å². The van der Waals surface area contributed by atoms with E-state index in [9.17, 15) is 4.39 Å². The Balaban J connectivity index is 2.29. The van der Waals surface area contributed by atoms with Crippen LogP contribution in [0.25, 0.3) is 0 Å². The molecule has 2 aromatic carbocycles. The summed E-state index contributed by atoms with van der Waals surface area (Å²) >= 11 is 9.52. The lowest BCUT2D eigenvalue weighted by Crippen LogP contribution is -2.19. The fourth-order valence-corrected chi connectivity index (χ4v) is 2.70. The topological polar surface area (TPSA) is 12.0 Å². The second-order valence-electron chi connectivity index (χ2n) is 4.30. The van der Waals surface area contributed by atoms with Gasteiger partial charge in [0.2, 0.25) is 0 Å². The smallest absolute Gasteiger partial charge is 0.127 e. The Labute approximate surface area is 125 Å². The normalized spacial score (nSPS) is 12.4. The molecule has 2 rings (SSSR count). The number of nitrogens with one attached hydrogen (secondary N) is 1. The average molecular weight is 343 g/mol. The molecule has 0 radical (unpaired) electrons. The van der Waals surface area contributed by atoms with Gasteiger partial charge in [-0.05, 0) is 43.3 Å². The number of benzene rings is 2. The maximum absolute atomic E-state index is 13.8. The highest BCUT2D eigenvalue weighted by atomic mass is 79.9. The summed E-state index contributed by atoms with van der Waals surface area (Å²) in [7, 11) is 1.86. The number of likely N-dealkylation sites (N-methyl/N-ethyl adjacent to an activating group) is 1. The van der Waals surface area contributed by atoms with Crippen molar-refractivity contribution in [2.45, 2.75) is 12.5 Å². The third-order valence-electron chi connectivity index (χ3n) is 3.07. The van der Waals surface area contributed by atoms with Crippen molar-refractivity contribution in [1.82, 2.24) is 5.32 Å². The molecule has 19 heavy (non-hydrogen) atoms. The Hall–Kier alpha value is -0.900. The summed E-state index contributed by atoms with van der Waals surface area (Å²) in [5.41, 5.74) is 1.64. The molecule has 0 bridgehead atoms. The first-order chi connectivity index (χ1) is 9.11. The van der Waals surface area contributed by atoms with Crippen molar-refractivity contribution < 1.29 is 4.39 Å². The van der Waals surface area contributed by atoms with Crippen LogP contribution in [0.3, 0.4) is 0 Å². The zero-order valence-corrected chi connectivity index (χ0v) is 12.8. The lowest BCUT2D eigenvalue weighted by molar-refractivity contribution is 0.554. The molecule has 0 heterocycles. The van der Waals surface area contributed by atoms with Crippen LogP contribution in [0.15, 0.2) is 46.9 Å². The Bertz CT molecular complexity index is 554. The third kappa shape index (κ3) is 3.56. The second-order valence-corrected chi connectivity index (χ2v) is 5.62. The Morgan fingerprint density at radius 3 is 2.63 bits per heavy atom. The van der Waals surface area contributed by atoms with E-state index in [-0.39, 0.29) is 11.9 Å². The van der Waals surface area contributed by atoms with Crippen molar-refractivity contribution in [2.24, 2.45) is 0 Å². The van der Waals surface area contributed by atoms with Crippen LogP contribution in [0, 0.1) is 5.82 Å². The van der Waals surface area contributed by atoms with E-state index in [1.807, 2.05) is 31.3 Å². The van der Waals surface area contributed by atoms with Gasteiger partial charge < -0.3 is 5.32 Å². The van der Waals surface area contributed by atoms with Gasteiger partial charge in [0.1, 0.15) is 5.82 Å². The van der Waals surface area contributed by atoms with Gasteiger partial charge in [0.15, 0.2) is 0 Å². The van der Waals surface area contributed by atoms with Gasteiger partial charge in [-0.25, -0.2) is 4.39 Å². The highest BCUT2D eigenvalue weighted by molar-refractivity contribution is 9.10. The molecule has 1 nitrogen and oxygen atoms in total. The maximum atomic E-state index is 13.8. The van der Waals surface area contributed by atoms with Gasteiger partial charge in [-0.3, -0.25) is 0 Å². The number of hydrogen-bond acceptors (Lipinski definition) is 1. The van der Waals surface area contributed by atoms with Crippen LogP contribution < -0.4 is 5.32 Å².